The van der Waals surface area contributed by atoms with E-state index >= 15 is 0 Å². The minimum Gasteiger partial charge on any atom is -0.313 e. The van der Waals surface area contributed by atoms with Crippen LogP contribution in [0.4, 0.5) is 0 Å². The van der Waals surface area contributed by atoms with Gasteiger partial charge in [-0.25, -0.2) is 9.97 Å². The molecule has 0 radical (unpaired) electrons. The lowest BCUT2D eigenvalue weighted by atomic mass is 10.1. The van der Waals surface area contributed by atoms with Crippen molar-refractivity contribution in [3.63, 3.8) is 0 Å². The molecule has 1 aromatic carbocycles. The van der Waals surface area contributed by atoms with Crippen molar-refractivity contribution in [1.82, 2.24) is 19.9 Å². The van der Waals surface area contributed by atoms with Crippen LogP contribution in [0.5, 0.6) is 0 Å². The molecule has 1 unspecified atom stereocenters. The summed E-state index contributed by atoms with van der Waals surface area (Å²) in [5.41, 5.74) is 1.66. The van der Waals surface area contributed by atoms with Crippen LogP contribution < -0.4 is 5.32 Å². The second-order valence-corrected chi connectivity index (χ2v) is 5.11. The van der Waals surface area contributed by atoms with Gasteiger partial charge in [0.25, 0.3) is 0 Å². The van der Waals surface area contributed by atoms with E-state index in [1.807, 2.05) is 28.8 Å². The van der Waals surface area contributed by atoms with E-state index in [1.54, 1.807) is 6.20 Å². The monoisotopic (exact) mass is 280 g/mol. The van der Waals surface area contributed by atoms with Crippen LogP contribution in [-0.2, 0) is 9.59 Å². The third-order valence-corrected chi connectivity index (χ3v) is 3.89. The molecule has 1 atom stereocenters. The Morgan fingerprint density at radius 1 is 1.19 bits per heavy atom. The summed E-state index contributed by atoms with van der Waals surface area (Å²) in [5, 5.41) is 4.33. The summed E-state index contributed by atoms with van der Waals surface area (Å²) in [5.74, 6) is -0.487. The summed E-state index contributed by atoms with van der Waals surface area (Å²) in [6.07, 6.45) is 4.06. The third kappa shape index (κ3) is 1.72. The molecule has 3 aromatic rings. The maximum atomic E-state index is 12.2. The SMILES string of the molecule is O=C1CCC(n2c3ccccc3c3cncnc32)C(=O)N1. The van der Waals surface area contributed by atoms with Crippen molar-refractivity contribution in [2.45, 2.75) is 18.9 Å². The van der Waals surface area contributed by atoms with Gasteiger partial charge < -0.3 is 4.57 Å². The summed E-state index contributed by atoms with van der Waals surface area (Å²) in [6.45, 7) is 0. The highest BCUT2D eigenvalue weighted by Crippen LogP contribution is 2.32. The summed E-state index contributed by atoms with van der Waals surface area (Å²) >= 11 is 0. The molecule has 1 N–H and O–H groups in total. The Labute approximate surface area is 119 Å². The van der Waals surface area contributed by atoms with Crippen LogP contribution in [-0.4, -0.2) is 26.3 Å². The van der Waals surface area contributed by atoms with Crippen molar-refractivity contribution in [2.75, 3.05) is 0 Å². The number of benzene rings is 1. The van der Waals surface area contributed by atoms with Crippen LogP contribution in [0.15, 0.2) is 36.8 Å². The Bertz CT molecular complexity index is 830. The number of fused-ring (bicyclic) bond motifs is 3. The molecule has 0 aliphatic carbocycles. The van der Waals surface area contributed by atoms with E-state index in [1.165, 1.54) is 6.33 Å². The van der Waals surface area contributed by atoms with Gasteiger partial charge in [-0.3, -0.25) is 14.9 Å². The maximum absolute atomic E-state index is 12.2. The van der Waals surface area contributed by atoms with Crippen LogP contribution in [0.25, 0.3) is 21.9 Å². The Balaban J connectivity index is 2.02. The summed E-state index contributed by atoms with van der Waals surface area (Å²) in [7, 11) is 0. The maximum Gasteiger partial charge on any atom is 0.249 e. The minimum atomic E-state index is -0.417. The second-order valence-electron chi connectivity index (χ2n) is 5.11. The Morgan fingerprint density at radius 3 is 2.90 bits per heavy atom. The molecular weight excluding hydrogens is 268 g/mol. The van der Waals surface area contributed by atoms with Gasteiger partial charge in [0, 0.05) is 23.4 Å². The number of piperidine rings is 1. The standard InChI is InChI=1S/C15H12N4O2/c20-13-6-5-12(15(21)18-13)19-11-4-2-1-3-9(11)10-7-16-8-17-14(10)19/h1-4,7-8,12H,5-6H2,(H,18,20,21). The molecule has 0 bridgehead atoms. The van der Waals surface area contributed by atoms with Crippen molar-refractivity contribution in [1.29, 1.82) is 0 Å². The fraction of sp³-hybridized carbons (Fsp3) is 0.200. The Morgan fingerprint density at radius 2 is 2.05 bits per heavy atom. The zero-order valence-electron chi connectivity index (χ0n) is 11.1. The van der Waals surface area contributed by atoms with Crippen molar-refractivity contribution < 1.29 is 9.59 Å². The predicted molar refractivity (Wildman–Crippen MR) is 76.5 cm³/mol. The summed E-state index contributed by atoms with van der Waals surface area (Å²) in [4.78, 5) is 32.0. The smallest absolute Gasteiger partial charge is 0.249 e. The fourth-order valence-corrected chi connectivity index (χ4v) is 2.97. The van der Waals surface area contributed by atoms with Gasteiger partial charge in [0.05, 0.1) is 5.52 Å². The first kappa shape index (κ1) is 12.0. The number of nitrogens with zero attached hydrogens (tertiary/aromatic N) is 3. The molecule has 2 amide bonds. The lowest BCUT2D eigenvalue weighted by molar-refractivity contribution is -0.135. The van der Waals surface area contributed by atoms with Gasteiger partial charge in [-0.05, 0) is 12.5 Å². The normalized spacial score (nSPS) is 19.1. The number of imide groups is 1. The molecule has 2 aromatic heterocycles. The van der Waals surface area contributed by atoms with Gasteiger partial charge in [0.1, 0.15) is 18.0 Å². The largest absolute Gasteiger partial charge is 0.313 e. The first-order valence-corrected chi connectivity index (χ1v) is 6.78. The number of hydrogen-bond donors (Lipinski definition) is 1. The van der Waals surface area contributed by atoms with E-state index in [9.17, 15) is 9.59 Å². The van der Waals surface area contributed by atoms with E-state index in [2.05, 4.69) is 15.3 Å². The van der Waals surface area contributed by atoms with E-state index in [4.69, 9.17) is 0 Å². The second kappa shape index (κ2) is 4.37. The van der Waals surface area contributed by atoms with Crippen LogP contribution in [0.2, 0.25) is 0 Å². The van der Waals surface area contributed by atoms with Crippen LogP contribution in [0.1, 0.15) is 18.9 Å². The molecule has 21 heavy (non-hydrogen) atoms. The minimum absolute atomic E-state index is 0.216. The van der Waals surface area contributed by atoms with Gasteiger partial charge in [0.15, 0.2) is 0 Å². The molecule has 0 spiro atoms. The topological polar surface area (TPSA) is 76.9 Å². The van der Waals surface area contributed by atoms with Gasteiger partial charge >= 0.3 is 0 Å². The summed E-state index contributed by atoms with van der Waals surface area (Å²) in [6, 6.07) is 7.41. The predicted octanol–water partition coefficient (Wildman–Crippen LogP) is 1.56. The van der Waals surface area contributed by atoms with Gasteiger partial charge in [-0.2, -0.15) is 0 Å². The molecule has 0 saturated carbocycles. The number of hydrogen-bond acceptors (Lipinski definition) is 4. The van der Waals surface area contributed by atoms with Crippen molar-refractivity contribution in [2.24, 2.45) is 0 Å². The molecule has 1 saturated heterocycles. The molecule has 3 heterocycles. The van der Waals surface area contributed by atoms with Gasteiger partial charge in [-0.1, -0.05) is 18.2 Å². The number of carbonyl (C=O) groups is 2. The van der Waals surface area contributed by atoms with Gasteiger partial charge in [0.2, 0.25) is 11.8 Å². The molecule has 1 aliphatic rings. The first-order valence-electron chi connectivity index (χ1n) is 6.78. The number of carbonyl (C=O) groups excluding carboxylic acids is 2. The Kier molecular flexibility index (Phi) is 2.50. The number of aromatic nitrogens is 3. The van der Waals surface area contributed by atoms with Crippen LogP contribution in [0.3, 0.4) is 0 Å². The van der Waals surface area contributed by atoms with E-state index in [0.29, 0.717) is 12.8 Å². The zero-order valence-corrected chi connectivity index (χ0v) is 11.1. The lowest BCUT2D eigenvalue weighted by Gasteiger charge is -2.23. The fourth-order valence-electron chi connectivity index (χ4n) is 2.97. The molecule has 6 nitrogen and oxygen atoms in total. The van der Waals surface area contributed by atoms with Crippen molar-refractivity contribution >= 4 is 33.8 Å². The molecule has 1 aliphatic heterocycles. The lowest BCUT2D eigenvalue weighted by Crippen LogP contribution is -2.41. The highest BCUT2D eigenvalue weighted by molar-refractivity contribution is 6.08. The molecule has 6 heteroatoms. The third-order valence-electron chi connectivity index (χ3n) is 3.89. The highest BCUT2D eigenvalue weighted by atomic mass is 16.2. The molecular formula is C15H12N4O2. The van der Waals surface area contributed by atoms with Crippen molar-refractivity contribution in [3.05, 3.63) is 36.8 Å². The first-order chi connectivity index (χ1) is 10.3. The zero-order chi connectivity index (χ0) is 14.4. The average Bonchev–Trinajstić information content (AvgIpc) is 2.82. The number of rotatable bonds is 1. The number of amides is 2. The molecule has 4 rings (SSSR count). The van der Waals surface area contributed by atoms with Crippen LogP contribution >= 0.6 is 0 Å². The molecule has 104 valence electrons. The molecule has 1 fully saturated rings. The van der Waals surface area contributed by atoms with E-state index < -0.39 is 6.04 Å². The number of nitrogens with one attached hydrogen (secondary N) is 1. The summed E-state index contributed by atoms with van der Waals surface area (Å²) < 4.78 is 1.91. The highest BCUT2D eigenvalue weighted by Gasteiger charge is 2.30. The van der Waals surface area contributed by atoms with E-state index in [0.717, 1.165) is 21.9 Å². The van der Waals surface area contributed by atoms with Gasteiger partial charge in [-0.15, -0.1) is 0 Å². The number of para-hydroxylation sites is 1. The van der Waals surface area contributed by atoms with Crippen molar-refractivity contribution in [3.8, 4) is 0 Å². The quantitative estimate of drug-likeness (QED) is 0.686. The van der Waals surface area contributed by atoms with Crippen LogP contribution in [0, 0.1) is 0 Å². The van der Waals surface area contributed by atoms with E-state index in [-0.39, 0.29) is 11.8 Å². The average molecular weight is 280 g/mol. The Hall–Kier alpha value is -2.76.